The van der Waals surface area contributed by atoms with Gasteiger partial charge in [0.05, 0.1) is 13.2 Å². The van der Waals surface area contributed by atoms with E-state index in [4.69, 9.17) is 9.47 Å². The lowest BCUT2D eigenvalue weighted by Gasteiger charge is -2.06. The molecule has 0 atom stereocenters. The monoisotopic (exact) mass is 342 g/mol. The van der Waals surface area contributed by atoms with Crippen molar-refractivity contribution in [1.29, 1.82) is 0 Å². The summed E-state index contributed by atoms with van der Waals surface area (Å²) in [5.41, 5.74) is 0. The van der Waals surface area contributed by atoms with E-state index in [1.807, 2.05) is 0 Å². The number of carbonyl (C=O) groups excluding carboxylic acids is 2. The Morgan fingerprint density at radius 2 is 1.04 bits per heavy atom. The highest BCUT2D eigenvalue weighted by molar-refractivity contribution is 5.69. The van der Waals surface area contributed by atoms with Crippen molar-refractivity contribution >= 4 is 11.9 Å². The Morgan fingerprint density at radius 1 is 0.583 bits per heavy atom. The first-order valence-corrected chi connectivity index (χ1v) is 10.0. The standard InChI is InChI=1S/C20H38O4/c1-3-5-6-7-8-9-10-11-12-13-14-16-20(22)24-18-15-17-23-19(21)4-2/h3-18H2,1-2H3. The molecule has 0 aliphatic heterocycles. The molecular weight excluding hydrogens is 304 g/mol. The smallest absolute Gasteiger partial charge is 0.305 e. The molecule has 0 radical (unpaired) electrons. The summed E-state index contributed by atoms with van der Waals surface area (Å²) in [5, 5.41) is 0. The van der Waals surface area contributed by atoms with Gasteiger partial charge in [0.25, 0.3) is 0 Å². The van der Waals surface area contributed by atoms with Crippen LogP contribution in [0, 0.1) is 0 Å². The summed E-state index contributed by atoms with van der Waals surface area (Å²) in [6.45, 7) is 4.68. The Hall–Kier alpha value is -1.06. The fraction of sp³-hybridized carbons (Fsp3) is 0.900. The molecule has 0 fully saturated rings. The minimum Gasteiger partial charge on any atom is -0.466 e. The second-order valence-corrected chi connectivity index (χ2v) is 6.43. The van der Waals surface area contributed by atoms with Crippen LogP contribution in [-0.4, -0.2) is 25.2 Å². The van der Waals surface area contributed by atoms with Gasteiger partial charge in [-0.25, -0.2) is 0 Å². The first-order valence-electron chi connectivity index (χ1n) is 10.0. The molecular formula is C20H38O4. The van der Waals surface area contributed by atoms with Crippen LogP contribution in [0.1, 0.15) is 104 Å². The highest BCUT2D eigenvalue weighted by Crippen LogP contribution is 2.12. The van der Waals surface area contributed by atoms with Crippen LogP contribution in [0.15, 0.2) is 0 Å². The van der Waals surface area contributed by atoms with Crippen molar-refractivity contribution < 1.29 is 19.1 Å². The van der Waals surface area contributed by atoms with Crippen molar-refractivity contribution in [3.63, 3.8) is 0 Å². The number of hydrogen-bond donors (Lipinski definition) is 0. The highest BCUT2D eigenvalue weighted by atomic mass is 16.5. The van der Waals surface area contributed by atoms with Crippen LogP contribution in [0.4, 0.5) is 0 Å². The van der Waals surface area contributed by atoms with Gasteiger partial charge >= 0.3 is 11.9 Å². The lowest BCUT2D eigenvalue weighted by Crippen LogP contribution is -2.10. The molecule has 0 spiro atoms. The van der Waals surface area contributed by atoms with E-state index in [9.17, 15) is 9.59 Å². The average Bonchev–Trinajstić information content (AvgIpc) is 2.59. The molecule has 0 aromatic carbocycles. The molecule has 4 heteroatoms. The van der Waals surface area contributed by atoms with Crippen LogP contribution >= 0.6 is 0 Å². The van der Waals surface area contributed by atoms with Gasteiger partial charge in [0.15, 0.2) is 0 Å². The molecule has 0 aliphatic carbocycles. The number of esters is 2. The van der Waals surface area contributed by atoms with E-state index in [2.05, 4.69) is 6.92 Å². The molecule has 0 N–H and O–H groups in total. The third-order valence-corrected chi connectivity index (χ3v) is 4.09. The fourth-order valence-electron chi connectivity index (χ4n) is 2.54. The Balaban J connectivity index is 3.19. The summed E-state index contributed by atoms with van der Waals surface area (Å²) in [6, 6.07) is 0. The minimum atomic E-state index is -0.206. The van der Waals surface area contributed by atoms with Gasteiger partial charge < -0.3 is 9.47 Å². The SMILES string of the molecule is CCCCCCCCCCCCCC(=O)OCCCOC(=O)CC. The van der Waals surface area contributed by atoms with Gasteiger partial charge in [-0.2, -0.15) is 0 Å². The molecule has 0 aromatic rings. The Bertz CT molecular complexity index is 302. The molecule has 0 aliphatic rings. The number of carbonyl (C=O) groups is 2. The fourth-order valence-corrected chi connectivity index (χ4v) is 2.54. The van der Waals surface area contributed by atoms with Crippen molar-refractivity contribution in [3.8, 4) is 0 Å². The van der Waals surface area contributed by atoms with Crippen LogP contribution in [0.3, 0.4) is 0 Å². The summed E-state index contributed by atoms with van der Waals surface area (Å²) >= 11 is 0. The summed E-state index contributed by atoms with van der Waals surface area (Å²) in [5.74, 6) is -0.338. The maximum atomic E-state index is 11.5. The van der Waals surface area contributed by atoms with Gasteiger partial charge in [0.2, 0.25) is 0 Å². The number of unbranched alkanes of at least 4 members (excludes halogenated alkanes) is 10. The molecule has 0 unspecified atom stereocenters. The lowest BCUT2D eigenvalue weighted by molar-refractivity contribution is -0.146. The zero-order valence-corrected chi connectivity index (χ0v) is 15.9. The maximum absolute atomic E-state index is 11.5. The summed E-state index contributed by atoms with van der Waals surface area (Å²) < 4.78 is 10.0. The Kier molecular flexibility index (Phi) is 17.5. The summed E-state index contributed by atoms with van der Waals surface area (Å²) in [4.78, 5) is 22.4. The van der Waals surface area contributed by atoms with Crippen molar-refractivity contribution in [2.75, 3.05) is 13.2 Å². The zero-order valence-electron chi connectivity index (χ0n) is 15.9. The van der Waals surface area contributed by atoms with Crippen molar-refractivity contribution in [2.45, 2.75) is 104 Å². The van der Waals surface area contributed by atoms with Crippen LogP contribution in [0.5, 0.6) is 0 Å². The van der Waals surface area contributed by atoms with E-state index < -0.39 is 0 Å². The molecule has 142 valence electrons. The van der Waals surface area contributed by atoms with Gasteiger partial charge in [0, 0.05) is 19.3 Å². The second kappa shape index (κ2) is 18.3. The predicted octanol–water partition coefficient (Wildman–Crippen LogP) is 5.57. The quantitative estimate of drug-likeness (QED) is 0.256. The predicted molar refractivity (Wildman–Crippen MR) is 97.9 cm³/mol. The Morgan fingerprint density at radius 3 is 1.54 bits per heavy atom. The number of rotatable bonds is 17. The van der Waals surface area contributed by atoms with E-state index in [0.717, 1.165) is 12.8 Å². The second-order valence-electron chi connectivity index (χ2n) is 6.43. The van der Waals surface area contributed by atoms with E-state index in [-0.39, 0.29) is 11.9 Å². The number of ether oxygens (including phenoxy) is 2. The molecule has 4 nitrogen and oxygen atoms in total. The molecule has 0 rings (SSSR count). The van der Waals surface area contributed by atoms with Gasteiger partial charge in [-0.1, -0.05) is 78.1 Å². The maximum Gasteiger partial charge on any atom is 0.305 e. The van der Waals surface area contributed by atoms with Crippen LogP contribution in [-0.2, 0) is 19.1 Å². The molecule has 0 saturated carbocycles. The van der Waals surface area contributed by atoms with Gasteiger partial charge in [0.1, 0.15) is 0 Å². The van der Waals surface area contributed by atoms with E-state index in [0.29, 0.717) is 32.5 Å². The van der Waals surface area contributed by atoms with Gasteiger partial charge in [-0.05, 0) is 6.42 Å². The van der Waals surface area contributed by atoms with Crippen molar-refractivity contribution in [1.82, 2.24) is 0 Å². The number of hydrogen-bond acceptors (Lipinski definition) is 4. The average molecular weight is 343 g/mol. The zero-order chi connectivity index (χ0) is 17.9. The molecule has 0 aromatic heterocycles. The first-order chi connectivity index (χ1) is 11.7. The lowest BCUT2D eigenvalue weighted by atomic mass is 10.1. The van der Waals surface area contributed by atoms with Crippen LogP contribution in [0.2, 0.25) is 0 Å². The Labute approximate surface area is 148 Å². The first kappa shape index (κ1) is 22.9. The van der Waals surface area contributed by atoms with Gasteiger partial charge in [-0.3, -0.25) is 9.59 Å². The van der Waals surface area contributed by atoms with Crippen LogP contribution in [0.25, 0.3) is 0 Å². The topological polar surface area (TPSA) is 52.6 Å². The normalized spacial score (nSPS) is 10.6. The third-order valence-electron chi connectivity index (χ3n) is 4.09. The van der Waals surface area contributed by atoms with Crippen LogP contribution < -0.4 is 0 Å². The largest absolute Gasteiger partial charge is 0.466 e. The molecule has 0 saturated heterocycles. The van der Waals surface area contributed by atoms with E-state index in [1.165, 1.54) is 57.8 Å². The molecule has 24 heavy (non-hydrogen) atoms. The summed E-state index contributed by atoms with van der Waals surface area (Å²) in [6.07, 6.45) is 15.5. The van der Waals surface area contributed by atoms with Gasteiger partial charge in [-0.15, -0.1) is 0 Å². The van der Waals surface area contributed by atoms with Crippen molar-refractivity contribution in [2.24, 2.45) is 0 Å². The molecule has 0 bridgehead atoms. The van der Waals surface area contributed by atoms with Crippen molar-refractivity contribution in [3.05, 3.63) is 0 Å². The van der Waals surface area contributed by atoms with E-state index in [1.54, 1.807) is 6.92 Å². The van der Waals surface area contributed by atoms with E-state index >= 15 is 0 Å². The minimum absolute atomic E-state index is 0.132. The summed E-state index contributed by atoms with van der Waals surface area (Å²) in [7, 11) is 0. The molecule has 0 heterocycles. The third kappa shape index (κ3) is 17.3. The molecule has 0 amide bonds. The highest BCUT2D eigenvalue weighted by Gasteiger charge is 2.03.